The molecule has 1 aromatic carbocycles. The fourth-order valence-corrected chi connectivity index (χ4v) is 3.89. The van der Waals surface area contributed by atoms with Crippen LogP contribution in [0.15, 0.2) is 24.3 Å². The van der Waals surface area contributed by atoms with E-state index in [1.54, 1.807) is 7.11 Å². The number of amides is 1. The average Bonchev–Trinajstić information content (AvgIpc) is 3.03. The zero-order valence-electron chi connectivity index (χ0n) is 13.6. The van der Waals surface area contributed by atoms with Crippen LogP contribution in [0, 0.1) is 5.92 Å². The maximum Gasteiger partial charge on any atom is 0.237 e. The minimum Gasteiger partial charge on any atom is -0.496 e. The highest BCUT2D eigenvalue weighted by molar-refractivity contribution is 5.82. The second-order valence-electron chi connectivity index (χ2n) is 6.61. The molecule has 1 aliphatic heterocycles. The normalized spacial score (nSPS) is 28.0. The highest BCUT2D eigenvalue weighted by atomic mass is 16.5. The van der Waals surface area contributed by atoms with Crippen LogP contribution < -0.4 is 15.4 Å². The Labute approximate surface area is 137 Å². The van der Waals surface area contributed by atoms with E-state index in [1.165, 1.54) is 25.7 Å². The molecule has 23 heavy (non-hydrogen) atoms. The second-order valence-corrected chi connectivity index (χ2v) is 6.61. The first-order chi connectivity index (χ1) is 11.2. The molecular formula is C18H26N2O3. The fraction of sp³-hybridized carbons (Fsp3) is 0.611. The lowest BCUT2D eigenvalue weighted by Gasteiger charge is -2.24. The summed E-state index contributed by atoms with van der Waals surface area (Å²) in [6, 6.07) is 7.72. The number of rotatable bonds is 5. The number of methoxy groups -OCH3 is 1. The molecule has 1 saturated heterocycles. The summed E-state index contributed by atoms with van der Waals surface area (Å²) in [4.78, 5) is 12.4. The molecule has 1 aromatic rings. The van der Waals surface area contributed by atoms with Crippen molar-refractivity contribution in [1.29, 1.82) is 0 Å². The summed E-state index contributed by atoms with van der Waals surface area (Å²) < 4.78 is 5.25. The van der Waals surface area contributed by atoms with E-state index in [2.05, 4.69) is 10.6 Å². The van der Waals surface area contributed by atoms with Gasteiger partial charge in [0.25, 0.3) is 0 Å². The second kappa shape index (κ2) is 7.32. The number of carbonyl (C=O) groups is 1. The molecule has 3 N–H and O–H groups in total. The number of para-hydroxylation sites is 1. The van der Waals surface area contributed by atoms with Gasteiger partial charge in [0, 0.05) is 18.2 Å². The van der Waals surface area contributed by atoms with Gasteiger partial charge in [-0.2, -0.15) is 0 Å². The summed E-state index contributed by atoms with van der Waals surface area (Å²) in [5.74, 6) is 1.27. The van der Waals surface area contributed by atoms with Crippen molar-refractivity contribution in [3.05, 3.63) is 29.8 Å². The Bertz CT molecular complexity index is 535. The van der Waals surface area contributed by atoms with Crippen LogP contribution >= 0.6 is 0 Å². The number of carbonyl (C=O) groups excluding carboxylic acids is 1. The van der Waals surface area contributed by atoms with Crippen molar-refractivity contribution in [2.75, 3.05) is 13.7 Å². The van der Waals surface area contributed by atoms with Gasteiger partial charge in [0.15, 0.2) is 0 Å². The molecule has 0 radical (unpaired) electrons. The van der Waals surface area contributed by atoms with Crippen LogP contribution in [0.3, 0.4) is 0 Å². The topological polar surface area (TPSA) is 70.6 Å². The monoisotopic (exact) mass is 318 g/mol. The van der Waals surface area contributed by atoms with Crippen molar-refractivity contribution < 1.29 is 14.6 Å². The van der Waals surface area contributed by atoms with E-state index in [0.29, 0.717) is 23.3 Å². The molecule has 2 aliphatic rings. The predicted molar refractivity (Wildman–Crippen MR) is 88.3 cm³/mol. The molecule has 0 unspecified atom stereocenters. The Kier molecular flexibility index (Phi) is 5.18. The van der Waals surface area contributed by atoms with Crippen LogP contribution in [-0.2, 0) is 4.79 Å². The van der Waals surface area contributed by atoms with E-state index < -0.39 is 6.10 Å². The molecule has 0 spiro atoms. The van der Waals surface area contributed by atoms with Gasteiger partial charge in [-0.1, -0.05) is 31.0 Å². The average molecular weight is 318 g/mol. The summed E-state index contributed by atoms with van der Waals surface area (Å²) in [7, 11) is 1.58. The van der Waals surface area contributed by atoms with Crippen molar-refractivity contribution in [1.82, 2.24) is 10.6 Å². The van der Waals surface area contributed by atoms with E-state index in [9.17, 15) is 9.90 Å². The van der Waals surface area contributed by atoms with Crippen LogP contribution in [0.2, 0.25) is 0 Å². The van der Waals surface area contributed by atoms with E-state index in [4.69, 9.17) is 4.74 Å². The van der Waals surface area contributed by atoms with E-state index >= 15 is 0 Å². The number of hydrogen-bond donors (Lipinski definition) is 3. The first kappa shape index (κ1) is 16.3. The van der Waals surface area contributed by atoms with E-state index in [-0.39, 0.29) is 18.5 Å². The molecule has 1 saturated carbocycles. The molecule has 2 fully saturated rings. The summed E-state index contributed by atoms with van der Waals surface area (Å²) in [6.07, 6.45) is 5.10. The first-order valence-corrected chi connectivity index (χ1v) is 8.53. The number of aliphatic hydroxyl groups excluding tert-OH is 1. The Hall–Kier alpha value is -1.59. The zero-order valence-corrected chi connectivity index (χ0v) is 13.6. The molecule has 4 atom stereocenters. The third-order valence-corrected chi connectivity index (χ3v) is 5.15. The molecule has 1 aliphatic carbocycles. The van der Waals surface area contributed by atoms with Crippen molar-refractivity contribution in [2.24, 2.45) is 5.92 Å². The summed E-state index contributed by atoms with van der Waals surface area (Å²) in [5.41, 5.74) is 0.698. The lowest BCUT2D eigenvalue weighted by Crippen LogP contribution is -2.44. The molecule has 126 valence electrons. The number of hydrogen-bond acceptors (Lipinski definition) is 4. The fourth-order valence-electron chi connectivity index (χ4n) is 3.89. The highest BCUT2D eigenvalue weighted by Gasteiger charge is 2.38. The number of fused-ring (bicyclic) bond motifs is 1. The van der Waals surface area contributed by atoms with Crippen LogP contribution in [0.1, 0.15) is 43.8 Å². The van der Waals surface area contributed by atoms with Gasteiger partial charge in [-0.15, -0.1) is 0 Å². The minimum atomic E-state index is -0.765. The Balaban J connectivity index is 1.53. The van der Waals surface area contributed by atoms with Gasteiger partial charge in [0.05, 0.1) is 19.3 Å². The van der Waals surface area contributed by atoms with Gasteiger partial charge < -0.3 is 20.5 Å². The number of benzene rings is 1. The number of aliphatic hydroxyl groups is 1. The van der Waals surface area contributed by atoms with Gasteiger partial charge in [0.2, 0.25) is 5.91 Å². The van der Waals surface area contributed by atoms with Crippen molar-refractivity contribution in [3.8, 4) is 5.75 Å². The summed E-state index contributed by atoms with van der Waals surface area (Å²) in [6.45, 7) is 0.201. The Morgan fingerprint density at radius 1 is 1.39 bits per heavy atom. The van der Waals surface area contributed by atoms with Crippen LogP contribution in [0.25, 0.3) is 0 Å². The van der Waals surface area contributed by atoms with Gasteiger partial charge in [-0.25, -0.2) is 0 Å². The molecule has 5 heteroatoms. The van der Waals surface area contributed by atoms with E-state index in [1.807, 2.05) is 24.3 Å². The smallest absolute Gasteiger partial charge is 0.237 e. The molecule has 0 aromatic heterocycles. The third-order valence-electron chi connectivity index (χ3n) is 5.15. The Morgan fingerprint density at radius 2 is 2.17 bits per heavy atom. The maximum atomic E-state index is 12.4. The SMILES string of the molecule is COc1ccccc1[C@H](O)CNC(=O)[C@@H]1C[C@@H]2CCCC[C@@H]2N1. The molecule has 1 amide bonds. The van der Waals surface area contributed by atoms with Crippen LogP contribution in [-0.4, -0.2) is 36.8 Å². The minimum absolute atomic E-state index is 0.00616. The largest absolute Gasteiger partial charge is 0.496 e. The molecule has 0 bridgehead atoms. The van der Waals surface area contributed by atoms with Crippen molar-refractivity contribution >= 4 is 5.91 Å². The quantitative estimate of drug-likeness (QED) is 0.774. The Morgan fingerprint density at radius 3 is 2.96 bits per heavy atom. The van der Waals surface area contributed by atoms with Crippen LogP contribution in [0.4, 0.5) is 0 Å². The zero-order chi connectivity index (χ0) is 16.2. The lowest BCUT2D eigenvalue weighted by atomic mass is 9.85. The van der Waals surface area contributed by atoms with Gasteiger partial charge in [-0.3, -0.25) is 4.79 Å². The summed E-state index contributed by atoms with van der Waals surface area (Å²) >= 11 is 0. The lowest BCUT2D eigenvalue weighted by molar-refractivity contribution is -0.123. The third kappa shape index (κ3) is 3.67. The molecule has 1 heterocycles. The van der Waals surface area contributed by atoms with E-state index in [0.717, 1.165) is 6.42 Å². The molecule has 5 nitrogen and oxygen atoms in total. The van der Waals surface area contributed by atoms with Gasteiger partial charge >= 0.3 is 0 Å². The molecular weight excluding hydrogens is 292 g/mol. The van der Waals surface area contributed by atoms with Gasteiger partial charge in [0.1, 0.15) is 5.75 Å². The van der Waals surface area contributed by atoms with Crippen LogP contribution in [0.5, 0.6) is 5.75 Å². The maximum absolute atomic E-state index is 12.4. The standard InChI is InChI=1S/C18H26N2O3/c1-23-17-9-5-3-7-13(17)16(21)11-19-18(22)15-10-12-6-2-4-8-14(12)20-15/h3,5,7,9,12,14-16,20-21H,2,4,6,8,10-11H2,1H3,(H,19,22)/t12-,14-,15-,16+/m0/s1. The first-order valence-electron chi connectivity index (χ1n) is 8.53. The van der Waals surface area contributed by atoms with Gasteiger partial charge in [-0.05, 0) is 31.2 Å². The number of nitrogens with one attached hydrogen (secondary N) is 2. The predicted octanol–water partition coefficient (Wildman–Crippen LogP) is 1.77. The van der Waals surface area contributed by atoms with Crippen molar-refractivity contribution in [2.45, 2.75) is 50.3 Å². The highest BCUT2D eigenvalue weighted by Crippen LogP contribution is 2.33. The summed E-state index contributed by atoms with van der Waals surface area (Å²) in [5, 5.41) is 16.7. The number of ether oxygens (including phenoxy) is 1. The van der Waals surface area contributed by atoms with Crippen molar-refractivity contribution in [3.63, 3.8) is 0 Å². The molecule has 3 rings (SSSR count).